The number of nitrogens with zero attached hydrogens (tertiary/aromatic N) is 2. The van der Waals surface area contributed by atoms with Gasteiger partial charge in [0, 0.05) is 36.4 Å². The zero-order chi connectivity index (χ0) is 23.5. The van der Waals surface area contributed by atoms with Crippen molar-refractivity contribution >= 4 is 16.8 Å². The molecule has 174 valence electrons. The fourth-order valence-corrected chi connectivity index (χ4v) is 4.24. The number of Topliss-reactive ketones (excluding diaryl/α,β-unsaturated/α-hetero) is 1. The van der Waals surface area contributed by atoms with Gasteiger partial charge in [0.1, 0.15) is 23.8 Å². The predicted octanol–water partition coefficient (Wildman–Crippen LogP) is 4.60. The van der Waals surface area contributed by atoms with Gasteiger partial charge in [-0.2, -0.15) is 0 Å². The molecule has 3 aromatic heterocycles. The fourth-order valence-electron chi connectivity index (χ4n) is 4.24. The molecule has 1 aliphatic heterocycles. The number of pyridine rings is 2. The first-order valence-corrected chi connectivity index (χ1v) is 11.6. The summed E-state index contributed by atoms with van der Waals surface area (Å²) in [6, 6.07) is 12.0. The minimum absolute atomic E-state index is 0.00450. The van der Waals surface area contributed by atoms with E-state index in [2.05, 4.69) is 32.4 Å². The first kappa shape index (κ1) is 22.3. The van der Waals surface area contributed by atoms with E-state index in [0.29, 0.717) is 5.69 Å². The number of hydrogen-bond donors (Lipinski definition) is 2. The number of H-pyrrole nitrogens is 1. The Morgan fingerprint density at radius 3 is 2.85 bits per heavy atom. The zero-order valence-corrected chi connectivity index (χ0v) is 19.4. The molecule has 0 amide bonds. The van der Waals surface area contributed by atoms with Crippen LogP contribution in [0.3, 0.4) is 0 Å². The number of ketones is 1. The smallest absolute Gasteiger partial charge is 0.164 e. The molecular formula is C27H28N4O3. The molecule has 0 radical (unpaired) electrons. The second-order valence-electron chi connectivity index (χ2n) is 8.81. The van der Waals surface area contributed by atoms with Gasteiger partial charge in [-0.3, -0.25) is 9.78 Å². The van der Waals surface area contributed by atoms with Crippen LogP contribution in [0.2, 0.25) is 0 Å². The molecule has 4 heterocycles. The molecule has 0 bridgehead atoms. The van der Waals surface area contributed by atoms with Crippen molar-refractivity contribution in [1.82, 2.24) is 20.3 Å². The summed E-state index contributed by atoms with van der Waals surface area (Å²) in [5.41, 5.74) is 5.98. The molecule has 0 atom stereocenters. The van der Waals surface area contributed by atoms with Gasteiger partial charge in [-0.05, 0) is 73.8 Å². The van der Waals surface area contributed by atoms with E-state index in [1.54, 1.807) is 12.4 Å². The maximum atomic E-state index is 12.3. The number of nitrogens with one attached hydrogen (secondary N) is 2. The molecule has 0 aliphatic carbocycles. The van der Waals surface area contributed by atoms with Crippen molar-refractivity contribution in [2.45, 2.75) is 39.3 Å². The van der Waals surface area contributed by atoms with Gasteiger partial charge in [0.05, 0.1) is 17.9 Å². The Morgan fingerprint density at radius 1 is 1.09 bits per heavy atom. The zero-order valence-electron chi connectivity index (χ0n) is 19.4. The number of hydrogen-bond acceptors (Lipinski definition) is 6. The number of rotatable bonds is 8. The number of carbonyl (C=O) groups excluding carboxylic acids is 1. The summed E-state index contributed by atoms with van der Waals surface area (Å²) >= 11 is 0. The minimum atomic E-state index is 0.00450. The minimum Gasteiger partial charge on any atom is -0.457 e. The number of aromatic nitrogens is 3. The maximum absolute atomic E-state index is 12.3. The second kappa shape index (κ2) is 9.75. The average Bonchev–Trinajstić information content (AvgIpc) is 3.28. The molecule has 0 saturated heterocycles. The van der Waals surface area contributed by atoms with Gasteiger partial charge in [-0.1, -0.05) is 6.07 Å². The summed E-state index contributed by atoms with van der Waals surface area (Å²) in [6.45, 7) is 5.79. The Bertz CT molecular complexity index is 1330. The van der Waals surface area contributed by atoms with Crippen molar-refractivity contribution in [3.63, 3.8) is 0 Å². The summed E-state index contributed by atoms with van der Waals surface area (Å²) in [4.78, 5) is 24.4. The molecule has 2 N–H and O–H groups in total. The van der Waals surface area contributed by atoms with E-state index >= 15 is 0 Å². The van der Waals surface area contributed by atoms with E-state index in [1.807, 2.05) is 44.3 Å². The van der Waals surface area contributed by atoms with E-state index < -0.39 is 0 Å². The first-order chi connectivity index (χ1) is 16.6. The van der Waals surface area contributed by atoms with Gasteiger partial charge >= 0.3 is 0 Å². The molecule has 1 aromatic carbocycles. The fraction of sp³-hybridized carbons (Fsp3) is 0.296. The molecule has 0 fully saturated rings. The Kier molecular flexibility index (Phi) is 6.38. The number of aromatic amines is 1. The van der Waals surface area contributed by atoms with E-state index in [-0.39, 0.29) is 24.9 Å². The first-order valence-electron chi connectivity index (χ1n) is 11.6. The molecule has 0 saturated carbocycles. The van der Waals surface area contributed by atoms with Gasteiger partial charge in [0.25, 0.3) is 0 Å². The summed E-state index contributed by atoms with van der Waals surface area (Å²) in [7, 11) is 0. The quantitative estimate of drug-likeness (QED) is 0.403. The van der Waals surface area contributed by atoms with Crippen molar-refractivity contribution in [3.8, 4) is 22.6 Å². The maximum Gasteiger partial charge on any atom is 0.164 e. The van der Waals surface area contributed by atoms with Crippen LogP contribution >= 0.6 is 0 Å². The van der Waals surface area contributed by atoms with Crippen molar-refractivity contribution in [2.24, 2.45) is 0 Å². The highest BCUT2D eigenvalue weighted by molar-refractivity contribution is 5.98. The van der Waals surface area contributed by atoms with Gasteiger partial charge in [0.15, 0.2) is 5.78 Å². The molecule has 7 heteroatoms. The average molecular weight is 457 g/mol. The van der Waals surface area contributed by atoms with Gasteiger partial charge in [-0.25, -0.2) is 4.98 Å². The molecule has 4 aromatic rings. The highest BCUT2D eigenvalue weighted by Gasteiger charge is 2.16. The van der Waals surface area contributed by atoms with Crippen molar-refractivity contribution in [2.75, 3.05) is 13.2 Å². The second-order valence-corrected chi connectivity index (χ2v) is 8.81. The lowest BCUT2D eigenvalue weighted by Crippen LogP contribution is -2.23. The normalized spacial score (nSPS) is 13.3. The lowest BCUT2D eigenvalue weighted by atomic mass is 10.0. The molecule has 0 unspecified atom stereocenters. The standard InChI is InChI=1S/C27H28N4O3/c1-17(2)33-16-22(32)13-21-11-19(6-9-29-21)24-15-31-27-26(24)25(7-10-30-27)34-23-4-3-18-5-8-28-14-20(18)12-23/h3-4,6-7,9-12,15,17,28H,5,8,13-14,16H2,1-2H3,(H,30,31). The molecule has 7 nitrogen and oxygen atoms in total. The van der Waals surface area contributed by atoms with E-state index in [0.717, 1.165) is 53.2 Å². The van der Waals surface area contributed by atoms with E-state index in [4.69, 9.17) is 9.47 Å². The Labute approximate surface area is 198 Å². The summed E-state index contributed by atoms with van der Waals surface area (Å²) in [5.74, 6) is 1.53. The van der Waals surface area contributed by atoms with Crippen LogP contribution in [0.4, 0.5) is 0 Å². The van der Waals surface area contributed by atoms with Crippen LogP contribution in [-0.2, 0) is 28.9 Å². The summed E-state index contributed by atoms with van der Waals surface area (Å²) < 4.78 is 11.8. The topological polar surface area (TPSA) is 89.1 Å². The Morgan fingerprint density at radius 2 is 1.97 bits per heavy atom. The monoisotopic (exact) mass is 456 g/mol. The van der Waals surface area contributed by atoms with Crippen LogP contribution in [0.5, 0.6) is 11.5 Å². The van der Waals surface area contributed by atoms with Crippen LogP contribution in [0, 0.1) is 0 Å². The van der Waals surface area contributed by atoms with Crippen LogP contribution < -0.4 is 10.1 Å². The van der Waals surface area contributed by atoms with Crippen LogP contribution in [0.15, 0.2) is 55.0 Å². The number of carbonyl (C=O) groups is 1. The predicted molar refractivity (Wildman–Crippen MR) is 131 cm³/mol. The van der Waals surface area contributed by atoms with Gasteiger partial charge in [0.2, 0.25) is 0 Å². The molecule has 5 rings (SSSR count). The van der Waals surface area contributed by atoms with Crippen LogP contribution in [-0.4, -0.2) is 40.0 Å². The van der Waals surface area contributed by atoms with Gasteiger partial charge < -0.3 is 19.8 Å². The largest absolute Gasteiger partial charge is 0.457 e. The van der Waals surface area contributed by atoms with Crippen molar-refractivity contribution < 1.29 is 14.3 Å². The van der Waals surface area contributed by atoms with Crippen LogP contribution in [0.25, 0.3) is 22.2 Å². The number of fused-ring (bicyclic) bond motifs is 2. The van der Waals surface area contributed by atoms with E-state index in [1.165, 1.54) is 11.1 Å². The Hall–Kier alpha value is -3.55. The summed E-state index contributed by atoms with van der Waals surface area (Å²) in [5, 5.41) is 4.31. The number of benzene rings is 1. The van der Waals surface area contributed by atoms with Crippen molar-refractivity contribution in [3.05, 3.63) is 71.8 Å². The molecule has 1 aliphatic rings. The summed E-state index contributed by atoms with van der Waals surface area (Å²) in [6.07, 6.45) is 6.68. The third-order valence-electron chi connectivity index (χ3n) is 5.91. The molecule has 0 spiro atoms. The van der Waals surface area contributed by atoms with Crippen LogP contribution in [0.1, 0.15) is 30.7 Å². The van der Waals surface area contributed by atoms with Crippen molar-refractivity contribution in [1.29, 1.82) is 0 Å². The third kappa shape index (κ3) is 4.85. The molecule has 34 heavy (non-hydrogen) atoms. The Balaban J connectivity index is 1.44. The lowest BCUT2D eigenvalue weighted by Gasteiger charge is -2.18. The lowest BCUT2D eigenvalue weighted by molar-refractivity contribution is -0.124. The number of ether oxygens (including phenoxy) is 2. The SMILES string of the molecule is CC(C)OCC(=O)Cc1cc(-c2c[nH]c3nccc(Oc4ccc5c(c4)CNCC5)c23)ccn1. The third-order valence-corrected chi connectivity index (χ3v) is 5.91. The highest BCUT2D eigenvalue weighted by Crippen LogP contribution is 2.37. The molecular weight excluding hydrogens is 428 g/mol. The van der Waals surface area contributed by atoms with E-state index in [9.17, 15) is 4.79 Å². The van der Waals surface area contributed by atoms with Gasteiger partial charge in [-0.15, -0.1) is 0 Å². The highest BCUT2D eigenvalue weighted by atomic mass is 16.5.